The lowest BCUT2D eigenvalue weighted by Gasteiger charge is -2.42. The molecule has 2 aliphatic rings. The van der Waals surface area contributed by atoms with Gasteiger partial charge in [0.15, 0.2) is 6.33 Å². The molecule has 176 valence electrons. The highest BCUT2D eigenvalue weighted by atomic mass is 35.5. The van der Waals surface area contributed by atoms with Gasteiger partial charge in [-0.15, -0.1) is 10.2 Å². The van der Waals surface area contributed by atoms with Crippen molar-refractivity contribution < 1.29 is 8.78 Å². The van der Waals surface area contributed by atoms with Crippen molar-refractivity contribution in [3.8, 4) is 0 Å². The highest BCUT2D eigenvalue weighted by Gasteiger charge is 2.39. The zero-order chi connectivity index (χ0) is 23.7. The topological polar surface area (TPSA) is 59.2 Å². The summed E-state index contributed by atoms with van der Waals surface area (Å²) >= 11 is 12.3. The van der Waals surface area contributed by atoms with Gasteiger partial charge in [-0.25, -0.2) is 8.78 Å². The first-order chi connectivity index (χ1) is 16.4. The van der Waals surface area contributed by atoms with Gasteiger partial charge in [0, 0.05) is 40.1 Å². The van der Waals surface area contributed by atoms with Crippen LogP contribution in [0.5, 0.6) is 0 Å². The Bertz CT molecular complexity index is 1200. The van der Waals surface area contributed by atoms with Crippen LogP contribution in [-0.4, -0.2) is 49.3 Å². The molecular formula is C24H22Cl2F2N6. The molecule has 6 nitrogen and oxygen atoms in total. The maximum atomic E-state index is 14.0. The Hall–Kier alpha value is -2.84. The van der Waals surface area contributed by atoms with Gasteiger partial charge in [0.05, 0.1) is 23.7 Å². The van der Waals surface area contributed by atoms with E-state index in [1.54, 1.807) is 0 Å². The van der Waals surface area contributed by atoms with Crippen molar-refractivity contribution in [3.63, 3.8) is 0 Å². The van der Waals surface area contributed by atoms with Gasteiger partial charge in [0.25, 0.3) is 0 Å². The lowest BCUT2D eigenvalue weighted by atomic mass is 9.89. The van der Waals surface area contributed by atoms with Gasteiger partial charge in [0.1, 0.15) is 6.54 Å². The van der Waals surface area contributed by atoms with E-state index in [0.717, 1.165) is 28.2 Å². The van der Waals surface area contributed by atoms with Crippen molar-refractivity contribution in [2.75, 3.05) is 6.54 Å². The number of halogens is 4. The minimum absolute atomic E-state index is 0.0539. The van der Waals surface area contributed by atoms with Crippen LogP contribution >= 0.6 is 23.2 Å². The van der Waals surface area contributed by atoms with E-state index in [1.165, 1.54) is 11.1 Å². The van der Waals surface area contributed by atoms with Crippen LogP contribution in [0.15, 0.2) is 59.9 Å². The normalized spacial score (nSPS) is 18.8. The monoisotopic (exact) mass is 502 g/mol. The third-order valence-electron chi connectivity index (χ3n) is 6.21. The van der Waals surface area contributed by atoms with E-state index in [-0.39, 0.29) is 18.9 Å². The van der Waals surface area contributed by atoms with E-state index in [9.17, 15) is 8.78 Å². The Morgan fingerprint density at radius 2 is 1.53 bits per heavy atom. The van der Waals surface area contributed by atoms with Crippen LogP contribution in [0.2, 0.25) is 10.0 Å². The summed E-state index contributed by atoms with van der Waals surface area (Å²) in [6, 6.07) is 15.0. The summed E-state index contributed by atoms with van der Waals surface area (Å²) in [7, 11) is 0. The highest BCUT2D eigenvalue weighted by molar-refractivity contribution is 6.31. The van der Waals surface area contributed by atoms with Gasteiger partial charge in [-0.1, -0.05) is 47.5 Å². The van der Waals surface area contributed by atoms with Crippen LogP contribution < -0.4 is 0 Å². The summed E-state index contributed by atoms with van der Waals surface area (Å²) in [6.45, 7) is 0.831. The number of benzene rings is 2. The van der Waals surface area contributed by atoms with Crippen LogP contribution in [0.25, 0.3) is 11.4 Å². The molecule has 3 aromatic rings. The molecule has 0 amide bonds. The zero-order valence-corrected chi connectivity index (χ0v) is 19.7. The van der Waals surface area contributed by atoms with E-state index in [0.29, 0.717) is 36.0 Å². The first-order valence-corrected chi connectivity index (χ1v) is 11.8. The van der Waals surface area contributed by atoms with Crippen molar-refractivity contribution >= 4 is 40.3 Å². The summed E-state index contributed by atoms with van der Waals surface area (Å²) in [4.78, 5) is 8.69. The molecular weight excluding hydrogens is 481 g/mol. The van der Waals surface area contributed by atoms with Crippen LogP contribution in [0.1, 0.15) is 36.8 Å². The standard InChI is InChI=1S/C24H22Cl2F2N6/c25-18-5-1-16(2-6-18)22-23(17-3-7-19(26)8-4-17)33(21-9-11-24(27,28)12-10-21)13-20(31-22)14-34-30-15-29-32-34/h1-8,15,21H,9-14H2. The van der Waals surface area contributed by atoms with Gasteiger partial charge in [0.2, 0.25) is 5.92 Å². The molecule has 10 heteroatoms. The molecule has 0 unspecified atom stereocenters. The van der Waals surface area contributed by atoms with Gasteiger partial charge >= 0.3 is 0 Å². The molecule has 2 heterocycles. The maximum Gasteiger partial charge on any atom is 0.248 e. The number of nitrogens with zero attached hydrogens (tertiary/aromatic N) is 6. The third kappa shape index (κ3) is 4.98. The first kappa shape index (κ1) is 22.9. The van der Waals surface area contributed by atoms with Gasteiger partial charge in [-0.05, 0) is 42.3 Å². The molecule has 1 aliphatic heterocycles. The largest absolute Gasteiger partial charge is 0.361 e. The molecule has 0 spiro atoms. The molecule has 1 aliphatic carbocycles. The quantitative estimate of drug-likeness (QED) is 0.439. The predicted octanol–water partition coefficient (Wildman–Crippen LogP) is 5.84. The van der Waals surface area contributed by atoms with Gasteiger partial charge in [-0.2, -0.15) is 4.80 Å². The second-order valence-electron chi connectivity index (χ2n) is 8.57. The molecule has 2 aromatic carbocycles. The Labute approximate surface area is 205 Å². The lowest BCUT2D eigenvalue weighted by molar-refractivity contribution is -0.0475. The molecule has 1 saturated carbocycles. The summed E-state index contributed by atoms with van der Waals surface area (Å²) in [5.41, 5.74) is 4.26. The van der Waals surface area contributed by atoms with Crippen molar-refractivity contribution in [2.45, 2.75) is 44.2 Å². The van der Waals surface area contributed by atoms with Crippen LogP contribution in [-0.2, 0) is 6.54 Å². The average Bonchev–Trinajstić information content (AvgIpc) is 3.33. The molecule has 0 atom stereocenters. The van der Waals surface area contributed by atoms with Crippen LogP contribution in [0.3, 0.4) is 0 Å². The molecule has 1 fully saturated rings. The lowest BCUT2D eigenvalue weighted by Crippen LogP contribution is -2.44. The Morgan fingerprint density at radius 3 is 2.12 bits per heavy atom. The number of hydrogen-bond donors (Lipinski definition) is 0. The number of hydrogen-bond acceptors (Lipinski definition) is 5. The zero-order valence-electron chi connectivity index (χ0n) is 18.2. The molecule has 0 saturated heterocycles. The predicted molar refractivity (Wildman–Crippen MR) is 129 cm³/mol. The number of aliphatic imine (C=N–C) groups is 1. The average molecular weight is 503 g/mol. The molecule has 34 heavy (non-hydrogen) atoms. The highest BCUT2D eigenvalue weighted by Crippen LogP contribution is 2.41. The number of tetrazole rings is 1. The van der Waals surface area contributed by atoms with Crippen molar-refractivity contribution in [1.82, 2.24) is 25.1 Å². The van der Waals surface area contributed by atoms with Crippen LogP contribution in [0, 0.1) is 0 Å². The summed E-state index contributed by atoms with van der Waals surface area (Å²) < 4.78 is 28.0. The fraction of sp³-hybridized carbons (Fsp3) is 0.333. The number of alkyl halides is 2. The first-order valence-electron chi connectivity index (χ1n) is 11.1. The second kappa shape index (κ2) is 9.43. The summed E-state index contributed by atoms with van der Waals surface area (Å²) in [6.07, 6.45) is 1.91. The van der Waals surface area contributed by atoms with E-state index < -0.39 is 5.92 Å². The molecule has 0 N–H and O–H groups in total. The molecule has 1 aromatic heterocycles. The molecule has 5 rings (SSSR count). The minimum Gasteiger partial charge on any atom is -0.361 e. The Kier molecular flexibility index (Phi) is 6.36. The van der Waals surface area contributed by atoms with Gasteiger partial charge in [-0.3, -0.25) is 4.99 Å². The van der Waals surface area contributed by atoms with E-state index >= 15 is 0 Å². The Morgan fingerprint density at radius 1 is 0.912 bits per heavy atom. The minimum atomic E-state index is -2.61. The van der Waals surface area contributed by atoms with Gasteiger partial charge < -0.3 is 4.90 Å². The van der Waals surface area contributed by atoms with Crippen molar-refractivity contribution in [3.05, 3.63) is 76.0 Å². The Balaban J connectivity index is 1.64. The van der Waals surface area contributed by atoms with Crippen LogP contribution in [0.4, 0.5) is 8.78 Å². The smallest absolute Gasteiger partial charge is 0.248 e. The summed E-state index contributed by atoms with van der Waals surface area (Å²) in [5, 5.41) is 13.1. The summed E-state index contributed by atoms with van der Waals surface area (Å²) in [5.74, 6) is -2.61. The third-order valence-corrected chi connectivity index (χ3v) is 6.72. The van der Waals surface area contributed by atoms with E-state index in [2.05, 4.69) is 20.3 Å². The van der Waals surface area contributed by atoms with Crippen molar-refractivity contribution in [2.24, 2.45) is 4.99 Å². The number of aromatic nitrogens is 4. The maximum absolute atomic E-state index is 14.0. The van der Waals surface area contributed by atoms with E-state index in [4.69, 9.17) is 28.2 Å². The fourth-order valence-corrected chi connectivity index (χ4v) is 4.79. The second-order valence-corrected chi connectivity index (χ2v) is 9.44. The molecule has 0 radical (unpaired) electrons. The molecule has 0 bridgehead atoms. The number of rotatable bonds is 5. The fourth-order valence-electron chi connectivity index (χ4n) is 4.54. The van der Waals surface area contributed by atoms with Crippen molar-refractivity contribution in [1.29, 1.82) is 0 Å². The SMILES string of the molecule is FC1(F)CCC(N2CC(Cn3ncnn3)=NC(c3ccc(Cl)cc3)=C2c2ccc(Cl)cc2)CC1. The van der Waals surface area contributed by atoms with E-state index in [1.807, 2.05) is 48.5 Å².